The van der Waals surface area contributed by atoms with Crippen molar-refractivity contribution in [3.63, 3.8) is 0 Å². The summed E-state index contributed by atoms with van der Waals surface area (Å²) in [4.78, 5) is 0. The highest BCUT2D eigenvalue weighted by Crippen LogP contribution is 2.17. The first-order chi connectivity index (χ1) is 9.01. The molecule has 1 aromatic carbocycles. The van der Waals surface area contributed by atoms with E-state index in [0.29, 0.717) is 18.7 Å². The van der Waals surface area contributed by atoms with Crippen LogP contribution < -0.4 is 5.32 Å². The van der Waals surface area contributed by atoms with Gasteiger partial charge in [0.1, 0.15) is 5.82 Å². The van der Waals surface area contributed by atoms with Crippen molar-refractivity contribution >= 4 is 10.0 Å². The van der Waals surface area contributed by atoms with E-state index in [-0.39, 0.29) is 17.6 Å². The number of halogens is 1. The average Bonchev–Trinajstić information content (AvgIpc) is 2.41. The van der Waals surface area contributed by atoms with Gasteiger partial charge in [-0.05, 0) is 37.6 Å². The standard InChI is InChI=1S/C13H19FN2O2S/c1-15-13-3-2-8-16(9-13)19(17,18)10-11-4-6-12(14)7-5-11/h4-7,13,15H,2-3,8-10H2,1H3/t13-/m1/s1. The van der Waals surface area contributed by atoms with Gasteiger partial charge in [0.05, 0.1) is 5.75 Å². The first-order valence-corrected chi connectivity index (χ1v) is 8.02. The molecule has 0 amide bonds. The normalized spacial score (nSPS) is 21.5. The summed E-state index contributed by atoms with van der Waals surface area (Å²) in [5, 5.41) is 3.12. The van der Waals surface area contributed by atoms with Gasteiger partial charge in [0.25, 0.3) is 0 Å². The Hall–Kier alpha value is -0.980. The summed E-state index contributed by atoms with van der Waals surface area (Å²) in [7, 11) is -1.47. The second-order valence-electron chi connectivity index (χ2n) is 4.87. The van der Waals surface area contributed by atoms with Crippen LogP contribution in [0.5, 0.6) is 0 Å². The van der Waals surface area contributed by atoms with Crippen LogP contribution in [0.4, 0.5) is 4.39 Å². The Balaban J connectivity index is 2.07. The van der Waals surface area contributed by atoms with Crippen LogP contribution in [-0.4, -0.2) is 38.9 Å². The minimum absolute atomic E-state index is 0.0658. The zero-order chi connectivity index (χ0) is 13.9. The largest absolute Gasteiger partial charge is 0.316 e. The number of hydrogen-bond donors (Lipinski definition) is 1. The number of piperidine rings is 1. The first kappa shape index (κ1) is 14.4. The summed E-state index contributed by atoms with van der Waals surface area (Å²) in [5.41, 5.74) is 0.619. The average molecular weight is 286 g/mol. The molecule has 1 fully saturated rings. The van der Waals surface area contributed by atoms with E-state index in [9.17, 15) is 12.8 Å². The van der Waals surface area contributed by atoms with Gasteiger partial charge in [-0.25, -0.2) is 17.1 Å². The lowest BCUT2D eigenvalue weighted by molar-refractivity contribution is 0.292. The van der Waals surface area contributed by atoms with Crippen molar-refractivity contribution in [2.45, 2.75) is 24.6 Å². The van der Waals surface area contributed by atoms with E-state index >= 15 is 0 Å². The molecule has 4 nitrogen and oxygen atoms in total. The van der Waals surface area contributed by atoms with Crippen molar-refractivity contribution in [2.24, 2.45) is 0 Å². The third-order valence-corrected chi connectivity index (χ3v) is 5.26. The molecule has 2 rings (SSSR count). The van der Waals surface area contributed by atoms with E-state index < -0.39 is 10.0 Å². The lowest BCUT2D eigenvalue weighted by Gasteiger charge is -2.31. The molecule has 1 heterocycles. The Kier molecular flexibility index (Phi) is 4.54. The fourth-order valence-electron chi connectivity index (χ4n) is 2.31. The number of hydrogen-bond acceptors (Lipinski definition) is 3. The molecule has 106 valence electrons. The van der Waals surface area contributed by atoms with Gasteiger partial charge >= 0.3 is 0 Å². The Morgan fingerprint density at radius 1 is 1.37 bits per heavy atom. The molecule has 1 saturated heterocycles. The minimum Gasteiger partial charge on any atom is -0.316 e. The van der Waals surface area contributed by atoms with Gasteiger partial charge in [0.2, 0.25) is 10.0 Å². The Morgan fingerprint density at radius 3 is 2.68 bits per heavy atom. The molecule has 0 saturated carbocycles. The predicted molar refractivity (Wildman–Crippen MR) is 72.7 cm³/mol. The molecule has 0 aromatic heterocycles. The molecule has 0 aliphatic carbocycles. The second-order valence-corrected chi connectivity index (χ2v) is 6.84. The number of rotatable bonds is 4. The Labute approximate surface area is 113 Å². The van der Waals surface area contributed by atoms with E-state index in [1.165, 1.54) is 28.6 Å². The molecule has 1 N–H and O–H groups in total. The molecule has 1 atom stereocenters. The highest BCUT2D eigenvalue weighted by atomic mass is 32.2. The van der Waals surface area contributed by atoms with Crippen LogP contribution in [0.25, 0.3) is 0 Å². The highest BCUT2D eigenvalue weighted by Gasteiger charge is 2.28. The zero-order valence-corrected chi connectivity index (χ0v) is 11.8. The van der Waals surface area contributed by atoms with E-state index in [2.05, 4.69) is 5.32 Å². The van der Waals surface area contributed by atoms with Gasteiger partial charge in [-0.15, -0.1) is 0 Å². The summed E-state index contributed by atoms with van der Waals surface area (Å²) in [5.74, 6) is -0.418. The fourth-order valence-corrected chi connectivity index (χ4v) is 3.92. The van der Waals surface area contributed by atoms with Crippen molar-refractivity contribution in [3.8, 4) is 0 Å². The number of likely N-dealkylation sites (N-methyl/N-ethyl adjacent to an activating group) is 1. The smallest absolute Gasteiger partial charge is 0.218 e. The monoisotopic (exact) mass is 286 g/mol. The van der Waals surface area contributed by atoms with E-state index in [0.717, 1.165) is 12.8 Å². The van der Waals surface area contributed by atoms with E-state index in [4.69, 9.17) is 0 Å². The topological polar surface area (TPSA) is 49.4 Å². The van der Waals surface area contributed by atoms with Gasteiger partial charge in [0, 0.05) is 19.1 Å². The maximum atomic E-state index is 12.8. The van der Waals surface area contributed by atoms with E-state index in [1.54, 1.807) is 0 Å². The van der Waals surface area contributed by atoms with Crippen LogP contribution in [0.1, 0.15) is 18.4 Å². The minimum atomic E-state index is -3.32. The summed E-state index contributed by atoms with van der Waals surface area (Å²) in [6.07, 6.45) is 1.87. The second kappa shape index (κ2) is 5.98. The van der Waals surface area contributed by atoms with Gasteiger partial charge in [-0.2, -0.15) is 0 Å². The zero-order valence-electron chi connectivity index (χ0n) is 11.0. The molecular formula is C13H19FN2O2S. The van der Waals surface area contributed by atoms with Gasteiger partial charge in [-0.3, -0.25) is 0 Å². The van der Waals surface area contributed by atoms with Crippen LogP contribution in [-0.2, 0) is 15.8 Å². The molecule has 19 heavy (non-hydrogen) atoms. The summed E-state index contributed by atoms with van der Waals surface area (Å²) < 4.78 is 38.9. The molecule has 6 heteroatoms. The van der Waals surface area contributed by atoms with Crippen LogP contribution in [0, 0.1) is 5.82 Å². The fraction of sp³-hybridized carbons (Fsp3) is 0.538. The molecule has 0 bridgehead atoms. The molecule has 0 unspecified atom stereocenters. The van der Waals surface area contributed by atoms with Crippen LogP contribution in [0.2, 0.25) is 0 Å². The van der Waals surface area contributed by atoms with Crippen LogP contribution in [0.15, 0.2) is 24.3 Å². The third kappa shape index (κ3) is 3.75. The molecule has 0 radical (unpaired) electrons. The predicted octanol–water partition coefficient (Wildman–Crippen LogP) is 1.34. The highest BCUT2D eigenvalue weighted by molar-refractivity contribution is 7.88. The molecule has 1 aliphatic heterocycles. The Morgan fingerprint density at radius 2 is 2.05 bits per heavy atom. The quantitative estimate of drug-likeness (QED) is 0.908. The summed E-state index contributed by atoms with van der Waals surface area (Å²) in [6, 6.07) is 5.84. The Bertz CT molecular complexity index is 516. The van der Waals surface area contributed by atoms with Crippen molar-refractivity contribution in [1.82, 2.24) is 9.62 Å². The van der Waals surface area contributed by atoms with Gasteiger partial charge < -0.3 is 5.32 Å². The summed E-state index contributed by atoms with van der Waals surface area (Å²) in [6.45, 7) is 1.09. The van der Waals surface area contributed by atoms with Crippen LogP contribution >= 0.6 is 0 Å². The van der Waals surface area contributed by atoms with Crippen molar-refractivity contribution in [1.29, 1.82) is 0 Å². The molecule has 1 aromatic rings. The third-order valence-electron chi connectivity index (χ3n) is 3.45. The SMILES string of the molecule is CN[C@@H]1CCCN(S(=O)(=O)Cc2ccc(F)cc2)C1. The lowest BCUT2D eigenvalue weighted by atomic mass is 10.1. The maximum absolute atomic E-state index is 12.8. The van der Waals surface area contributed by atoms with Gasteiger partial charge in [0.15, 0.2) is 0 Å². The maximum Gasteiger partial charge on any atom is 0.218 e. The van der Waals surface area contributed by atoms with Gasteiger partial charge in [-0.1, -0.05) is 12.1 Å². The molecule has 0 spiro atoms. The van der Waals surface area contributed by atoms with Crippen molar-refractivity contribution < 1.29 is 12.8 Å². The number of benzene rings is 1. The lowest BCUT2D eigenvalue weighted by Crippen LogP contribution is -2.47. The van der Waals surface area contributed by atoms with Crippen molar-refractivity contribution in [3.05, 3.63) is 35.6 Å². The number of nitrogens with one attached hydrogen (secondary N) is 1. The van der Waals surface area contributed by atoms with Crippen molar-refractivity contribution in [2.75, 3.05) is 20.1 Å². The van der Waals surface area contributed by atoms with Crippen LogP contribution in [0.3, 0.4) is 0 Å². The number of nitrogens with zero attached hydrogens (tertiary/aromatic N) is 1. The molecular weight excluding hydrogens is 267 g/mol. The molecule has 1 aliphatic rings. The summed E-state index contributed by atoms with van der Waals surface area (Å²) >= 11 is 0. The number of sulfonamides is 1. The first-order valence-electron chi connectivity index (χ1n) is 6.41. The van der Waals surface area contributed by atoms with E-state index in [1.807, 2.05) is 7.05 Å².